The number of nitrogens with zero attached hydrogens (tertiary/aromatic N) is 2. The number of aromatic nitrogens is 2. The van der Waals surface area contributed by atoms with Crippen LogP contribution < -0.4 is 5.32 Å². The summed E-state index contributed by atoms with van der Waals surface area (Å²) in [5.41, 5.74) is 1.41. The topological polar surface area (TPSA) is 37.8 Å². The molecule has 0 saturated carbocycles. The SMILES string of the molecule is Cc1cnc(CC(F)(F)F)nc1CNC(C)C. The fourth-order valence-corrected chi connectivity index (χ4v) is 1.26. The number of alkyl halides is 3. The second kappa shape index (κ2) is 5.44. The van der Waals surface area contributed by atoms with E-state index in [1.54, 1.807) is 6.92 Å². The first-order valence-electron chi connectivity index (χ1n) is 5.39. The van der Waals surface area contributed by atoms with Gasteiger partial charge in [-0.25, -0.2) is 9.97 Å². The van der Waals surface area contributed by atoms with Crippen molar-refractivity contribution in [3.63, 3.8) is 0 Å². The lowest BCUT2D eigenvalue weighted by Gasteiger charge is -2.11. The van der Waals surface area contributed by atoms with Crippen LogP contribution in [0.15, 0.2) is 6.20 Å². The predicted octanol–water partition coefficient (Wildman–Crippen LogP) is 2.39. The van der Waals surface area contributed by atoms with Crippen molar-refractivity contribution in [1.82, 2.24) is 15.3 Å². The summed E-state index contributed by atoms with van der Waals surface area (Å²) in [7, 11) is 0. The van der Waals surface area contributed by atoms with Crippen molar-refractivity contribution >= 4 is 0 Å². The highest BCUT2D eigenvalue weighted by Crippen LogP contribution is 2.19. The van der Waals surface area contributed by atoms with Gasteiger partial charge in [-0.05, 0) is 12.5 Å². The molecule has 0 aliphatic rings. The normalized spacial score (nSPS) is 12.2. The minimum atomic E-state index is -4.27. The first-order chi connectivity index (χ1) is 7.78. The average Bonchev–Trinajstić information content (AvgIpc) is 2.16. The third-order valence-corrected chi connectivity index (χ3v) is 2.16. The predicted molar refractivity (Wildman–Crippen MR) is 58.5 cm³/mol. The first kappa shape index (κ1) is 13.9. The molecule has 0 aliphatic heterocycles. The van der Waals surface area contributed by atoms with Crippen LogP contribution >= 0.6 is 0 Å². The van der Waals surface area contributed by atoms with Crippen molar-refractivity contribution < 1.29 is 13.2 Å². The molecule has 17 heavy (non-hydrogen) atoms. The van der Waals surface area contributed by atoms with Gasteiger partial charge in [0.1, 0.15) is 12.2 Å². The average molecular weight is 247 g/mol. The summed E-state index contributed by atoms with van der Waals surface area (Å²) >= 11 is 0. The minimum absolute atomic E-state index is 0.177. The van der Waals surface area contributed by atoms with Crippen molar-refractivity contribution in [3.05, 3.63) is 23.3 Å². The van der Waals surface area contributed by atoms with Crippen LogP contribution in [0.25, 0.3) is 0 Å². The third kappa shape index (κ3) is 5.12. The van der Waals surface area contributed by atoms with Gasteiger partial charge in [-0.3, -0.25) is 0 Å². The highest BCUT2D eigenvalue weighted by atomic mass is 19.4. The van der Waals surface area contributed by atoms with Crippen molar-refractivity contribution in [2.24, 2.45) is 0 Å². The van der Waals surface area contributed by atoms with Gasteiger partial charge in [-0.1, -0.05) is 13.8 Å². The molecule has 3 nitrogen and oxygen atoms in total. The molecule has 1 N–H and O–H groups in total. The van der Waals surface area contributed by atoms with E-state index in [-0.39, 0.29) is 11.9 Å². The Labute approximate surface area is 98.5 Å². The highest BCUT2D eigenvalue weighted by Gasteiger charge is 2.29. The monoisotopic (exact) mass is 247 g/mol. The summed E-state index contributed by atoms with van der Waals surface area (Å²) in [5, 5.41) is 3.12. The minimum Gasteiger partial charge on any atom is -0.309 e. The smallest absolute Gasteiger partial charge is 0.309 e. The highest BCUT2D eigenvalue weighted by molar-refractivity contribution is 5.15. The molecule has 1 aromatic heterocycles. The molecule has 0 fully saturated rings. The van der Waals surface area contributed by atoms with Crippen molar-refractivity contribution in [3.8, 4) is 0 Å². The van der Waals surface area contributed by atoms with E-state index in [4.69, 9.17) is 0 Å². The maximum absolute atomic E-state index is 12.2. The summed E-state index contributed by atoms with van der Waals surface area (Å²) in [6, 6.07) is 0.260. The van der Waals surface area contributed by atoms with Crippen LogP contribution in [0.1, 0.15) is 30.9 Å². The van der Waals surface area contributed by atoms with Crippen molar-refractivity contribution in [1.29, 1.82) is 0 Å². The zero-order valence-corrected chi connectivity index (χ0v) is 10.1. The summed E-state index contributed by atoms with van der Waals surface area (Å²) in [4.78, 5) is 7.63. The number of aryl methyl sites for hydroxylation is 1. The number of hydrogen-bond acceptors (Lipinski definition) is 3. The Hall–Kier alpha value is -1.17. The Bertz CT molecular complexity index is 375. The molecule has 1 aromatic rings. The molecule has 1 rings (SSSR count). The lowest BCUT2D eigenvalue weighted by Crippen LogP contribution is -2.24. The van der Waals surface area contributed by atoms with E-state index < -0.39 is 12.6 Å². The van der Waals surface area contributed by atoms with E-state index in [0.29, 0.717) is 12.2 Å². The molecule has 6 heteroatoms. The molecule has 0 unspecified atom stereocenters. The summed E-state index contributed by atoms with van der Waals surface area (Å²) in [6.07, 6.45) is -3.91. The lowest BCUT2D eigenvalue weighted by molar-refractivity contribution is -0.128. The fraction of sp³-hybridized carbons (Fsp3) is 0.636. The van der Waals surface area contributed by atoms with Gasteiger partial charge < -0.3 is 5.32 Å². The van der Waals surface area contributed by atoms with Gasteiger partial charge in [-0.2, -0.15) is 13.2 Å². The maximum atomic E-state index is 12.2. The molecule has 0 radical (unpaired) electrons. The van der Waals surface area contributed by atoms with Gasteiger partial charge in [0, 0.05) is 18.8 Å². The van der Waals surface area contributed by atoms with Gasteiger partial charge in [0.25, 0.3) is 0 Å². The second-order valence-corrected chi connectivity index (χ2v) is 4.24. The van der Waals surface area contributed by atoms with Gasteiger partial charge >= 0.3 is 6.18 Å². The van der Waals surface area contributed by atoms with Crippen LogP contribution in [-0.2, 0) is 13.0 Å². The van der Waals surface area contributed by atoms with Crippen LogP contribution in [0, 0.1) is 6.92 Å². The molecule has 0 aromatic carbocycles. The summed E-state index contributed by atoms with van der Waals surface area (Å²) in [5.74, 6) is -0.177. The fourth-order valence-electron chi connectivity index (χ4n) is 1.26. The maximum Gasteiger partial charge on any atom is 0.396 e. The number of rotatable bonds is 4. The first-order valence-corrected chi connectivity index (χ1v) is 5.39. The molecule has 0 spiro atoms. The quantitative estimate of drug-likeness (QED) is 0.887. The van der Waals surface area contributed by atoms with Gasteiger partial charge in [0.15, 0.2) is 0 Å². The van der Waals surface area contributed by atoms with Gasteiger partial charge in [-0.15, -0.1) is 0 Å². The Morgan fingerprint density at radius 2 is 2.00 bits per heavy atom. The summed E-state index contributed by atoms with van der Waals surface area (Å²) in [6.45, 7) is 6.17. The van der Waals surface area contributed by atoms with Crippen molar-refractivity contribution in [2.45, 2.75) is 46.0 Å². The van der Waals surface area contributed by atoms with E-state index in [1.807, 2.05) is 13.8 Å². The second-order valence-electron chi connectivity index (χ2n) is 4.24. The van der Waals surface area contributed by atoms with E-state index in [1.165, 1.54) is 6.20 Å². The number of nitrogens with one attached hydrogen (secondary N) is 1. The molecular formula is C11H16F3N3. The lowest BCUT2D eigenvalue weighted by atomic mass is 10.2. The van der Waals surface area contributed by atoms with E-state index in [9.17, 15) is 13.2 Å². The number of halogens is 3. The van der Waals surface area contributed by atoms with Gasteiger partial charge in [0.05, 0.1) is 5.69 Å². The molecule has 0 atom stereocenters. The standard InChI is InChI=1S/C11H16F3N3/c1-7(2)15-6-9-8(3)5-16-10(17-9)4-11(12,13)14/h5,7,15H,4,6H2,1-3H3. The zero-order chi connectivity index (χ0) is 13.1. The zero-order valence-electron chi connectivity index (χ0n) is 10.1. The van der Waals surface area contributed by atoms with Crippen LogP contribution in [-0.4, -0.2) is 22.2 Å². The Kier molecular flexibility index (Phi) is 4.45. The molecule has 1 heterocycles. The molecule has 0 bridgehead atoms. The van der Waals surface area contributed by atoms with E-state index >= 15 is 0 Å². The Balaban J connectivity index is 2.79. The largest absolute Gasteiger partial charge is 0.396 e. The molecular weight excluding hydrogens is 231 g/mol. The van der Waals surface area contributed by atoms with Crippen molar-refractivity contribution in [2.75, 3.05) is 0 Å². The van der Waals surface area contributed by atoms with E-state index in [2.05, 4.69) is 15.3 Å². The van der Waals surface area contributed by atoms with Crippen LogP contribution in [0.4, 0.5) is 13.2 Å². The molecule has 96 valence electrons. The van der Waals surface area contributed by atoms with Crippen LogP contribution in [0.3, 0.4) is 0 Å². The van der Waals surface area contributed by atoms with Crippen LogP contribution in [0.5, 0.6) is 0 Å². The van der Waals surface area contributed by atoms with Gasteiger partial charge in [0.2, 0.25) is 0 Å². The molecule has 0 amide bonds. The van der Waals surface area contributed by atoms with E-state index in [0.717, 1.165) is 5.56 Å². The molecule has 0 aliphatic carbocycles. The molecule has 0 saturated heterocycles. The Morgan fingerprint density at radius 1 is 1.35 bits per heavy atom. The van der Waals surface area contributed by atoms with Crippen LogP contribution in [0.2, 0.25) is 0 Å². The number of hydrogen-bond donors (Lipinski definition) is 1. The summed E-state index contributed by atoms with van der Waals surface area (Å²) < 4.78 is 36.6. The Morgan fingerprint density at radius 3 is 2.53 bits per heavy atom. The third-order valence-electron chi connectivity index (χ3n) is 2.16.